The van der Waals surface area contributed by atoms with E-state index in [-0.39, 0.29) is 39.7 Å². The third-order valence-corrected chi connectivity index (χ3v) is 6.42. The van der Waals surface area contributed by atoms with Gasteiger partial charge in [-0.3, -0.25) is 4.98 Å². The van der Waals surface area contributed by atoms with Gasteiger partial charge in [-0.15, -0.1) is 0 Å². The summed E-state index contributed by atoms with van der Waals surface area (Å²) < 4.78 is 91.3. The lowest BCUT2D eigenvalue weighted by Gasteiger charge is -2.10. The van der Waals surface area contributed by atoms with Gasteiger partial charge in [-0.2, -0.15) is 18.3 Å². The minimum absolute atomic E-state index is 0.00717. The summed E-state index contributed by atoms with van der Waals surface area (Å²) >= 11 is 0. The second-order valence-electron chi connectivity index (χ2n) is 6.68. The van der Waals surface area contributed by atoms with Crippen LogP contribution in [0.15, 0.2) is 35.5 Å². The Labute approximate surface area is 161 Å². The fourth-order valence-electron chi connectivity index (χ4n) is 2.96. The molecule has 3 aromatic rings. The summed E-state index contributed by atoms with van der Waals surface area (Å²) in [6, 6.07) is 3.13. The quantitative estimate of drug-likeness (QED) is 0.588. The van der Waals surface area contributed by atoms with Crippen LogP contribution in [0.1, 0.15) is 30.5 Å². The molecule has 6 nitrogen and oxygen atoms in total. The van der Waals surface area contributed by atoms with E-state index in [1.54, 1.807) is 0 Å². The molecule has 0 N–H and O–H groups in total. The highest BCUT2D eigenvalue weighted by Crippen LogP contribution is 2.56. The van der Waals surface area contributed by atoms with E-state index in [9.17, 15) is 30.4 Å². The lowest BCUT2D eigenvalue weighted by molar-refractivity contribution is -0.141. The van der Waals surface area contributed by atoms with Gasteiger partial charge >= 0.3 is 6.18 Å². The minimum Gasteiger partial charge on any atom is -0.253 e. The van der Waals surface area contributed by atoms with Gasteiger partial charge in [0.1, 0.15) is 5.69 Å². The van der Waals surface area contributed by atoms with Crippen molar-refractivity contribution in [1.82, 2.24) is 19.6 Å². The third-order valence-electron chi connectivity index (χ3n) is 4.67. The van der Waals surface area contributed by atoms with Crippen LogP contribution in [-0.2, 0) is 16.0 Å². The third kappa shape index (κ3) is 3.45. The fourth-order valence-corrected chi connectivity index (χ4v) is 4.04. The average Bonchev–Trinajstić information content (AvgIpc) is 3.09. The Morgan fingerprint density at radius 2 is 1.97 bits per heavy atom. The van der Waals surface area contributed by atoms with Crippen molar-refractivity contribution in [2.75, 3.05) is 5.75 Å². The Hall–Kier alpha value is -2.63. The van der Waals surface area contributed by atoms with Crippen molar-refractivity contribution >= 4 is 15.5 Å². The lowest BCUT2D eigenvalue weighted by Crippen LogP contribution is -2.09. The van der Waals surface area contributed by atoms with Gasteiger partial charge in [0.2, 0.25) is 0 Å². The number of aromatic nitrogens is 4. The van der Waals surface area contributed by atoms with Crippen LogP contribution >= 0.6 is 0 Å². The SMILES string of the molecule is CCS(=O)(=O)c1cc(C2CC2(F)F)cnc1-c1ccn2nc(C(F)(F)F)cc2n1. The van der Waals surface area contributed by atoms with E-state index < -0.39 is 33.5 Å². The van der Waals surface area contributed by atoms with Crippen molar-refractivity contribution < 1.29 is 30.4 Å². The molecule has 1 aliphatic carbocycles. The molecule has 0 aromatic carbocycles. The van der Waals surface area contributed by atoms with Gasteiger partial charge in [0, 0.05) is 24.9 Å². The largest absolute Gasteiger partial charge is 0.435 e. The van der Waals surface area contributed by atoms with Crippen molar-refractivity contribution in [2.24, 2.45) is 0 Å². The average molecular weight is 432 g/mol. The van der Waals surface area contributed by atoms with Crippen LogP contribution in [0.4, 0.5) is 22.0 Å². The first-order chi connectivity index (χ1) is 13.4. The number of nitrogens with zero attached hydrogens (tertiary/aromatic N) is 4. The molecule has 1 unspecified atom stereocenters. The zero-order chi connectivity index (χ0) is 21.2. The molecule has 1 aliphatic rings. The second-order valence-corrected chi connectivity index (χ2v) is 8.93. The molecule has 0 aliphatic heterocycles. The van der Waals surface area contributed by atoms with Crippen molar-refractivity contribution in [2.45, 2.75) is 36.3 Å². The lowest BCUT2D eigenvalue weighted by atomic mass is 10.1. The van der Waals surface area contributed by atoms with E-state index >= 15 is 0 Å². The highest BCUT2D eigenvalue weighted by Gasteiger charge is 2.57. The molecule has 0 amide bonds. The molecule has 3 aromatic heterocycles. The van der Waals surface area contributed by atoms with Gasteiger partial charge in [0.25, 0.3) is 5.92 Å². The van der Waals surface area contributed by atoms with E-state index in [0.29, 0.717) is 0 Å². The normalized spacial score (nSPS) is 18.9. The molecular formula is C17H13F5N4O2S. The van der Waals surface area contributed by atoms with Gasteiger partial charge in [-0.05, 0) is 17.7 Å². The molecule has 12 heteroatoms. The molecule has 154 valence electrons. The van der Waals surface area contributed by atoms with Crippen molar-refractivity contribution in [3.05, 3.63) is 41.9 Å². The predicted molar refractivity (Wildman–Crippen MR) is 91.3 cm³/mol. The Kier molecular flexibility index (Phi) is 4.19. The smallest absolute Gasteiger partial charge is 0.253 e. The summed E-state index contributed by atoms with van der Waals surface area (Å²) in [4.78, 5) is 7.77. The topological polar surface area (TPSA) is 77.2 Å². The van der Waals surface area contributed by atoms with Crippen molar-refractivity contribution in [3.8, 4) is 11.4 Å². The maximum absolute atomic E-state index is 13.4. The van der Waals surface area contributed by atoms with Crippen LogP contribution in [0.5, 0.6) is 0 Å². The number of rotatable bonds is 4. The van der Waals surface area contributed by atoms with Crippen molar-refractivity contribution in [3.63, 3.8) is 0 Å². The number of fused-ring (bicyclic) bond motifs is 1. The standard InChI is InChI=1S/C17H13F5N4O2S/c1-2-29(27,28)12-5-9(10-7-16(10,18)19)8-23-15(12)11-3-4-26-14(24-11)6-13(25-26)17(20,21)22/h3-6,8,10H,2,7H2,1H3. The van der Waals surface area contributed by atoms with E-state index in [1.807, 2.05) is 0 Å². The first kappa shape index (κ1) is 19.7. The molecule has 0 spiro atoms. The number of sulfone groups is 1. The number of pyridine rings is 1. The fraction of sp³-hybridized carbons (Fsp3) is 0.353. The molecule has 0 radical (unpaired) electrons. The molecule has 0 bridgehead atoms. The zero-order valence-electron chi connectivity index (χ0n) is 14.8. The summed E-state index contributed by atoms with van der Waals surface area (Å²) in [6.45, 7) is 1.39. The van der Waals surface area contributed by atoms with Gasteiger partial charge in [-0.25, -0.2) is 26.7 Å². The highest BCUT2D eigenvalue weighted by atomic mass is 32.2. The number of hydrogen-bond acceptors (Lipinski definition) is 5. The van der Waals surface area contributed by atoms with Crippen LogP contribution in [0.3, 0.4) is 0 Å². The molecule has 4 rings (SSSR count). The molecule has 3 heterocycles. The Morgan fingerprint density at radius 1 is 1.28 bits per heavy atom. The summed E-state index contributed by atoms with van der Waals surface area (Å²) in [5.74, 6) is -4.31. The number of hydrogen-bond donors (Lipinski definition) is 0. The molecule has 0 saturated heterocycles. The van der Waals surface area contributed by atoms with Gasteiger partial charge in [-0.1, -0.05) is 6.92 Å². The van der Waals surface area contributed by atoms with Gasteiger partial charge in [0.05, 0.1) is 22.3 Å². The minimum atomic E-state index is -4.67. The van der Waals surface area contributed by atoms with E-state index in [1.165, 1.54) is 19.2 Å². The van der Waals surface area contributed by atoms with E-state index in [2.05, 4.69) is 15.1 Å². The van der Waals surface area contributed by atoms with Gasteiger partial charge < -0.3 is 0 Å². The molecular weight excluding hydrogens is 419 g/mol. The monoisotopic (exact) mass is 432 g/mol. The maximum Gasteiger partial charge on any atom is 0.435 e. The van der Waals surface area contributed by atoms with Crippen LogP contribution in [0.2, 0.25) is 0 Å². The summed E-state index contributed by atoms with van der Waals surface area (Å²) in [5, 5.41) is 3.37. The summed E-state index contributed by atoms with van der Waals surface area (Å²) in [6.07, 6.45) is -2.71. The predicted octanol–water partition coefficient (Wildman–Crippen LogP) is 3.73. The first-order valence-electron chi connectivity index (χ1n) is 8.47. The van der Waals surface area contributed by atoms with E-state index in [0.717, 1.165) is 22.8 Å². The maximum atomic E-state index is 13.4. The van der Waals surface area contributed by atoms with Crippen LogP contribution in [0, 0.1) is 0 Å². The Morgan fingerprint density at radius 3 is 2.55 bits per heavy atom. The highest BCUT2D eigenvalue weighted by molar-refractivity contribution is 7.91. The van der Waals surface area contributed by atoms with Gasteiger partial charge in [0.15, 0.2) is 21.2 Å². The Bertz CT molecular complexity index is 1220. The van der Waals surface area contributed by atoms with Crippen LogP contribution in [-0.4, -0.2) is 39.7 Å². The second kappa shape index (κ2) is 6.18. The van der Waals surface area contributed by atoms with Crippen LogP contribution in [0.25, 0.3) is 17.0 Å². The first-order valence-corrected chi connectivity index (χ1v) is 10.1. The zero-order valence-corrected chi connectivity index (χ0v) is 15.6. The molecule has 29 heavy (non-hydrogen) atoms. The molecule has 1 atom stereocenters. The number of halogens is 5. The Balaban J connectivity index is 1.85. The van der Waals surface area contributed by atoms with Crippen LogP contribution < -0.4 is 0 Å². The van der Waals surface area contributed by atoms with Crippen molar-refractivity contribution in [1.29, 1.82) is 0 Å². The summed E-state index contributed by atoms with van der Waals surface area (Å²) in [5.41, 5.74) is -1.34. The molecule has 1 fully saturated rings. The summed E-state index contributed by atoms with van der Waals surface area (Å²) in [7, 11) is -3.86. The molecule has 1 saturated carbocycles. The number of alkyl halides is 5. The van der Waals surface area contributed by atoms with E-state index in [4.69, 9.17) is 0 Å².